The quantitative estimate of drug-likeness (QED) is 0.858. The Labute approximate surface area is 157 Å². The lowest BCUT2D eigenvalue weighted by Gasteiger charge is -2.60. The van der Waals surface area contributed by atoms with E-state index in [4.69, 9.17) is 0 Å². The summed E-state index contributed by atoms with van der Waals surface area (Å²) in [4.78, 5) is 17.1. The number of benzene rings is 1. The van der Waals surface area contributed by atoms with Crippen LogP contribution >= 0.6 is 11.5 Å². The first kappa shape index (κ1) is 16.4. The summed E-state index contributed by atoms with van der Waals surface area (Å²) in [6.07, 6.45) is 6.56. The van der Waals surface area contributed by atoms with Gasteiger partial charge in [-0.2, -0.15) is 9.36 Å². The van der Waals surface area contributed by atoms with Crippen LogP contribution in [0.1, 0.15) is 44.9 Å². The van der Waals surface area contributed by atoms with Gasteiger partial charge in [0.2, 0.25) is 11.0 Å². The van der Waals surface area contributed by atoms with Gasteiger partial charge in [-0.1, -0.05) is 30.3 Å². The van der Waals surface area contributed by atoms with Crippen molar-refractivity contribution >= 4 is 22.6 Å². The van der Waals surface area contributed by atoms with E-state index in [2.05, 4.69) is 14.7 Å². The molecule has 0 spiro atoms. The first-order valence-corrected chi connectivity index (χ1v) is 10.2. The maximum Gasteiger partial charge on any atom is 0.226 e. The third kappa shape index (κ3) is 2.95. The van der Waals surface area contributed by atoms with E-state index in [1.165, 1.54) is 18.0 Å². The van der Waals surface area contributed by atoms with Gasteiger partial charge in [0.25, 0.3) is 0 Å². The smallest absolute Gasteiger partial charge is 0.226 e. The normalized spacial score (nSPS) is 34.8. The van der Waals surface area contributed by atoms with Crippen LogP contribution in [-0.2, 0) is 4.79 Å². The molecular formula is C20H23N3O2S. The molecule has 1 heterocycles. The highest BCUT2D eigenvalue weighted by molar-refractivity contribution is 7.10. The van der Waals surface area contributed by atoms with Crippen molar-refractivity contribution in [3.05, 3.63) is 30.3 Å². The molecule has 1 amide bonds. The van der Waals surface area contributed by atoms with Crippen molar-refractivity contribution < 1.29 is 9.90 Å². The van der Waals surface area contributed by atoms with Crippen LogP contribution in [0.5, 0.6) is 0 Å². The van der Waals surface area contributed by atoms with Crippen molar-refractivity contribution in [1.29, 1.82) is 0 Å². The van der Waals surface area contributed by atoms with Gasteiger partial charge in [-0.05, 0) is 55.8 Å². The summed E-state index contributed by atoms with van der Waals surface area (Å²) in [7, 11) is 0. The van der Waals surface area contributed by atoms with E-state index in [0.717, 1.165) is 37.7 Å². The fraction of sp³-hybridized carbons (Fsp3) is 0.550. The van der Waals surface area contributed by atoms with Crippen molar-refractivity contribution in [1.82, 2.24) is 9.36 Å². The van der Waals surface area contributed by atoms with Crippen molar-refractivity contribution in [2.45, 2.75) is 50.5 Å². The van der Waals surface area contributed by atoms with Gasteiger partial charge in [0.15, 0.2) is 5.82 Å². The zero-order valence-electron chi connectivity index (χ0n) is 14.6. The molecule has 2 aromatic rings. The van der Waals surface area contributed by atoms with Gasteiger partial charge < -0.3 is 10.4 Å². The van der Waals surface area contributed by atoms with E-state index in [1.807, 2.05) is 30.3 Å². The van der Waals surface area contributed by atoms with E-state index < -0.39 is 5.60 Å². The van der Waals surface area contributed by atoms with Gasteiger partial charge in [-0.3, -0.25) is 4.79 Å². The summed E-state index contributed by atoms with van der Waals surface area (Å²) < 4.78 is 4.35. The summed E-state index contributed by atoms with van der Waals surface area (Å²) >= 11 is 1.22. The second-order valence-electron chi connectivity index (χ2n) is 8.70. The van der Waals surface area contributed by atoms with Gasteiger partial charge in [0, 0.05) is 23.5 Å². The Balaban J connectivity index is 1.28. The lowest BCUT2D eigenvalue weighted by atomic mass is 9.47. The van der Waals surface area contributed by atoms with Crippen molar-refractivity contribution in [2.75, 3.05) is 5.32 Å². The molecule has 5 nitrogen and oxygen atoms in total. The fourth-order valence-electron chi connectivity index (χ4n) is 6.09. The molecule has 0 saturated heterocycles. The molecule has 4 aliphatic rings. The van der Waals surface area contributed by atoms with Gasteiger partial charge >= 0.3 is 0 Å². The average Bonchev–Trinajstić information content (AvgIpc) is 3.01. The number of rotatable bonds is 4. The zero-order chi connectivity index (χ0) is 17.8. The van der Waals surface area contributed by atoms with Gasteiger partial charge in [0.1, 0.15) is 0 Å². The number of carbonyl (C=O) groups is 1. The third-order valence-corrected chi connectivity index (χ3v) is 7.02. The largest absolute Gasteiger partial charge is 0.390 e. The number of hydrogen-bond acceptors (Lipinski definition) is 5. The summed E-state index contributed by atoms with van der Waals surface area (Å²) in [6, 6.07) is 9.78. The fourth-order valence-corrected chi connectivity index (χ4v) is 6.70. The van der Waals surface area contributed by atoms with E-state index >= 15 is 0 Å². The molecule has 4 saturated carbocycles. The lowest BCUT2D eigenvalue weighted by Crippen LogP contribution is -2.56. The number of aromatic nitrogens is 2. The van der Waals surface area contributed by atoms with Crippen LogP contribution in [0.3, 0.4) is 0 Å². The van der Waals surface area contributed by atoms with Crippen LogP contribution in [0.4, 0.5) is 5.13 Å². The van der Waals surface area contributed by atoms with Crippen LogP contribution in [-0.4, -0.2) is 26.0 Å². The van der Waals surface area contributed by atoms with Gasteiger partial charge in [-0.15, -0.1) is 0 Å². The molecule has 4 aliphatic carbocycles. The predicted octanol–water partition coefficient (Wildman–Crippen LogP) is 3.87. The molecule has 2 atom stereocenters. The Morgan fingerprint density at radius 2 is 1.92 bits per heavy atom. The minimum Gasteiger partial charge on any atom is -0.390 e. The molecule has 0 unspecified atom stereocenters. The Bertz CT molecular complexity index is 821. The standard InChI is InChI=1S/C20H23N3O2S/c24-16(21-18-22-17(23-26-18)15-4-2-1-3-5-15)11-19-7-13-6-14(8-19)10-20(25,9-13)12-19/h1-5,13-14,25H,6-12H2,(H,21,22,23,24)/t13-,14-,19?,20?/m1/s1. The van der Waals surface area contributed by atoms with Gasteiger partial charge in [0.05, 0.1) is 5.60 Å². The topological polar surface area (TPSA) is 75.1 Å². The van der Waals surface area contributed by atoms with E-state index in [1.54, 1.807) is 0 Å². The second kappa shape index (κ2) is 5.86. The Morgan fingerprint density at radius 3 is 2.62 bits per heavy atom. The molecule has 1 aromatic carbocycles. The molecular weight excluding hydrogens is 346 g/mol. The van der Waals surface area contributed by atoms with Gasteiger partial charge in [-0.25, -0.2) is 0 Å². The second-order valence-corrected chi connectivity index (χ2v) is 9.45. The number of nitrogens with zero attached hydrogens (tertiary/aromatic N) is 2. The number of hydrogen-bond donors (Lipinski definition) is 2. The monoisotopic (exact) mass is 369 g/mol. The maximum atomic E-state index is 12.7. The number of carbonyl (C=O) groups excluding carboxylic acids is 1. The molecule has 1 aromatic heterocycles. The Morgan fingerprint density at radius 1 is 1.19 bits per heavy atom. The number of amides is 1. The highest BCUT2D eigenvalue weighted by Crippen LogP contribution is 2.62. The summed E-state index contributed by atoms with van der Waals surface area (Å²) in [5.74, 6) is 1.85. The molecule has 2 N–H and O–H groups in total. The van der Waals surface area contributed by atoms with E-state index in [-0.39, 0.29) is 11.3 Å². The maximum absolute atomic E-state index is 12.7. The predicted molar refractivity (Wildman–Crippen MR) is 101 cm³/mol. The van der Waals surface area contributed by atoms with E-state index in [0.29, 0.717) is 29.2 Å². The lowest BCUT2D eigenvalue weighted by molar-refractivity contribution is -0.167. The molecule has 6 heteroatoms. The van der Waals surface area contributed by atoms with Crippen molar-refractivity contribution in [2.24, 2.45) is 17.3 Å². The Kier molecular flexibility index (Phi) is 3.69. The summed E-state index contributed by atoms with van der Waals surface area (Å²) in [6.45, 7) is 0. The van der Waals surface area contributed by atoms with Crippen LogP contribution in [0.25, 0.3) is 11.4 Å². The number of aliphatic hydroxyl groups is 1. The zero-order valence-corrected chi connectivity index (χ0v) is 15.5. The summed E-state index contributed by atoms with van der Waals surface area (Å²) in [5, 5.41) is 14.3. The minimum absolute atomic E-state index is 0.00584. The third-order valence-electron chi connectivity index (χ3n) is 6.39. The van der Waals surface area contributed by atoms with Crippen LogP contribution in [0.15, 0.2) is 30.3 Å². The number of anilines is 1. The molecule has 4 fully saturated rings. The first-order chi connectivity index (χ1) is 12.5. The molecule has 0 radical (unpaired) electrons. The van der Waals surface area contributed by atoms with Crippen molar-refractivity contribution in [3.8, 4) is 11.4 Å². The SMILES string of the molecule is O=C(CC12C[C@H]3C[C@@H](CC(O)(C3)C1)C2)Nc1nc(-c2ccccc2)ns1. The van der Waals surface area contributed by atoms with Crippen LogP contribution < -0.4 is 5.32 Å². The Hall–Kier alpha value is -1.79. The van der Waals surface area contributed by atoms with Crippen LogP contribution in [0.2, 0.25) is 0 Å². The molecule has 0 aliphatic heterocycles. The number of nitrogens with one attached hydrogen (secondary N) is 1. The molecule has 26 heavy (non-hydrogen) atoms. The molecule has 6 rings (SSSR count). The van der Waals surface area contributed by atoms with Crippen molar-refractivity contribution in [3.63, 3.8) is 0 Å². The minimum atomic E-state index is -0.520. The summed E-state index contributed by atoms with van der Waals surface area (Å²) in [5.41, 5.74) is 0.413. The van der Waals surface area contributed by atoms with Crippen LogP contribution in [0, 0.1) is 17.3 Å². The highest BCUT2D eigenvalue weighted by Gasteiger charge is 2.57. The highest BCUT2D eigenvalue weighted by atomic mass is 32.1. The average molecular weight is 369 g/mol. The first-order valence-electron chi connectivity index (χ1n) is 9.42. The van der Waals surface area contributed by atoms with E-state index in [9.17, 15) is 9.90 Å². The molecule has 4 bridgehead atoms. The molecule has 136 valence electrons.